The van der Waals surface area contributed by atoms with Crippen LogP contribution in [0, 0.1) is 0 Å². The van der Waals surface area contributed by atoms with Crippen LogP contribution in [-0.4, -0.2) is 5.80 Å². The van der Waals surface area contributed by atoms with Crippen molar-refractivity contribution in [2.75, 3.05) is 0 Å². The van der Waals surface area contributed by atoms with Crippen LogP contribution in [0.3, 0.4) is 0 Å². The minimum absolute atomic E-state index is 1.25. The van der Waals surface area contributed by atoms with Crippen LogP contribution in [0.25, 0.3) is 0 Å². The molecule has 0 radical (unpaired) electrons. The fourth-order valence-corrected chi connectivity index (χ4v) is 1.36. The first-order chi connectivity index (χ1) is 5.57. The molecule has 0 amide bonds. The average Bonchev–Trinajstić information content (AvgIpc) is 2.02. The molecule has 12 heavy (non-hydrogen) atoms. The second-order valence-electron chi connectivity index (χ2n) is 3.05. The molecule has 0 aromatic heterocycles. The van der Waals surface area contributed by atoms with Crippen molar-refractivity contribution in [3.05, 3.63) is 35.2 Å². The third-order valence-electron chi connectivity index (χ3n) is 1.53. The lowest BCUT2D eigenvalue weighted by Gasteiger charge is -1.94. The van der Waals surface area contributed by atoms with Crippen LogP contribution in [0.15, 0.2) is 35.2 Å². The molecule has 0 N–H and O–H groups in total. The quantitative estimate of drug-likeness (QED) is 0.451. The van der Waals surface area contributed by atoms with E-state index in [0.29, 0.717) is 0 Å². The Bertz CT molecular complexity index is 238. The van der Waals surface area contributed by atoms with E-state index >= 15 is 0 Å². The Hall–Kier alpha value is -0.610. The maximum atomic E-state index is 3.73. The van der Waals surface area contributed by atoms with E-state index in [-0.39, 0.29) is 0 Å². The van der Waals surface area contributed by atoms with Gasteiger partial charge >= 0.3 is 0 Å². The van der Waals surface area contributed by atoms with Gasteiger partial charge in [-0.3, -0.25) is 0 Å². The predicted octanol–water partition coefficient (Wildman–Crippen LogP) is 4.18. The maximum Gasteiger partial charge on any atom is -0.0315 e. The van der Waals surface area contributed by atoms with E-state index in [0.717, 1.165) is 0 Å². The Balaban J connectivity index is 4.36. The highest BCUT2D eigenvalue weighted by atomic mass is 31.1. The van der Waals surface area contributed by atoms with Gasteiger partial charge in [-0.25, -0.2) is 0 Å². The number of hydrogen-bond acceptors (Lipinski definition) is 0. The van der Waals surface area contributed by atoms with E-state index in [1.165, 1.54) is 24.9 Å². The summed E-state index contributed by atoms with van der Waals surface area (Å²) >= 11 is 0. The van der Waals surface area contributed by atoms with Crippen LogP contribution < -0.4 is 0 Å². The molecule has 0 aliphatic rings. The van der Waals surface area contributed by atoms with Gasteiger partial charge in [0.25, 0.3) is 0 Å². The molecule has 0 aliphatic carbocycles. The Morgan fingerprint density at radius 3 is 2.08 bits per heavy atom. The van der Waals surface area contributed by atoms with Gasteiger partial charge in [-0.2, -0.15) is 0 Å². The molecule has 0 heterocycles. The molecular formula is C11H17P. The summed E-state index contributed by atoms with van der Waals surface area (Å²) in [5, 5.41) is 0. The summed E-state index contributed by atoms with van der Waals surface area (Å²) in [5.41, 5.74) is 3.92. The zero-order valence-corrected chi connectivity index (χ0v) is 9.28. The second-order valence-corrected chi connectivity index (χ2v) is 3.87. The first kappa shape index (κ1) is 11.4. The summed E-state index contributed by atoms with van der Waals surface area (Å²) in [6, 6.07) is 0. The van der Waals surface area contributed by atoms with Crippen molar-refractivity contribution in [2.24, 2.45) is 0 Å². The van der Waals surface area contributed by atoms with Crippen molar-refractivity contribution >= 4 is 14.0 Å². The summed E-state index contributed by atoms with van der Waals surface area (Å²) in [6.07, 6.45) is 1.89. The van der Waals surface area contributed by atoms with E-state index in [1.807, 2.05) is 6.08 Å². The third-order valence-corrected chi connectivity index (χ3v) is 2.73. The van der Waals surface area contributed by atoms with Gasteiger partial charge in [0.05, 0.1) is 0 Å². The Morgan fingerprint density at radius 1 is 1.08 bits per heavy atom. The monoisotopic (exact) mass is 180 g/mol. The van der Waals surface area contributed by atoms with Crippen LogP contribution in [0.1, 0.15) is 27.7 Å². The molecule has 0 aromatic rings. The van der Waals surface area contributed by atoms with Crippen molar-refractivity contribution in [3.8, 4) is 0 Å². The van der Waals surface area contributed by atoms with Crippen molar-refractivity contribution < 1.29 is 0 Å². The van der Waals surface area contributed by atoms with E-state index in [4.69, 9.17) is 0 Å². The van der Waals surface area contributed by atoms with Crippen molar-refractivity contribution in [1.82, 2.24) is 0 Å². The minimum atomic E-state index is 1.25. The minimum Gasteiger partial charge on any atom is -0.0988 e. The highest BCUT2D eigenvalue weighted by Crippen LogP contribution is 2.08. The number of allylic oxidation sites excluding steroid dienone is 4. The van der Waals surface area contributed by atoms with E-state index in [9.17, 15) is 0 Å². The van der Waals surface area contributed by atoms with Crippen molar-refractivity contribution in [2.45, 2.75) is 27.7 Å². The molecule has 0 bridgehead atoms. The third kappa shape index (κ3) is 5.09. The average molecular weight is 180 g/mol. The highest BCUT2D eigenvalue weighted by Gasteiger charge is 1.85. The van der Waals surface area contributed by atoms with Crippen LogP contribution in [0.2, 0.25) is 0 Å². The van der Waals surface area contributed by atoms with Gasteiger partial charge in [-0.1, -0.05) is 26.4 Å². The number of hydrogen-bond donors (Lipinski definition) is 0. The van der Waals surface area contributed by atoms with E-state index < -0.39 is 0 Å². The van der Waals surface area contributed by atoms with Gasteiger partial charge in [0.15, 0.2) is 0 Å². The van der Waals surface area contributed by atoms with Crippen molar-refractivity contribution in [3.63, 3.8) is 0 Å². The van der Waals surface area contributed by atoms with Crippen LogP contribution >= 0.6 is 8.20 Å². The SMILES string of the molecule is C=C/C(C)=C(\C)C=PC=C(C)C. The normalized spacial score (nSPS) is 12.7. The van der Waals surface area contributed by atoms with Gasteiger partial charge in [-0.15, -0.1) is 0 Å². The largest absolute Gasteiger partial charge is 0.0988 e. The van der Waals surface area contributed by atoms with Crippen LogP contribution in [-0.2, 0) is 0 Å². The zero-order valence-electron chi connectivity index (χ0n) is 8.39. The Morgan fingerprint density at radius 2 is 1.67 bits per heavy atom. The first-order valence-electron chi connectivity index (χ1n) is 4.04. The fourth-order valence-electron chi connectivity index (χ4n) is 0.561. The summed E-state index contributed by atoms with van der Waals surface area (Å²) in [6.45, 7) is 12.1. The Labute approximate surface area is 77.5 Å². The van der Waals surface area contributed by atoms with Gasteiger partial charge in [0.1, 0.15) is 0 Å². The first-order valence-corrected chi connectivity index (χ1v) is 5.07. The lowest BCUT2D eigenvalue weighted by molar-refractivity contribution is 1.41. The molecule has 0 unspecified atom stereocenters. The lowest BCUT2D eigenvalue weighted by Crippen LogP contribution is -1.78. The molecule has 1 heteroatoms. The Kier molecular flexibility index (Phi) is 5.66. The smallest absolute Gasteiger partial charge is 0.0315 e. The lowest BCUT2D eigenvalue weighted by atomic mass is 10.2. The molecule has 0 aromatic carbocycles. The summed E-state index contributed by atoms with van der Waals surface area (Å²) < 4.78 is 0. The summed E-state index contributed by atoms with van der Waals surface area (Å²) in [4.78, 5) is 0. The molecular weight excluding hydrogens is 163 g/mol. The van der Waals surface area contributed by atoms with Gasteiger partial charge in [0, 0.05) is 0 Å². The van der Waals surface area contributed by atoms with Gasteiger partial charge in [0.2, 0.25) is 0 Å². The molecule has 66 valence electrons. The second kappa shape index (κ2) is 5.97. The van der Waals surface area contributed by atoms with Crippen molar-refractivity contribution in [1.29, 1.82) is 0 Å². The molecule has 0 fully saturated rings. The molecule has 0 saturated carbocycles. The summed E-state index contributed by atoms with van der Waals surface area (Å²) in [5.74, 6) is 4.39. The molecule has 0 saturated heterocycles. The maximum absolute atomic E-state index is 3.73. The summed E-state index contributed by atoms with van der Waals surface area (Å²) in [7, 11) is 1.26. The molecule has 0 nitrogen and oxygen atoms in total. The van der Waals surface area contributed by atoms with Crippen LogP contribution in [0.4, 0.5) is 0 Å². The van der Waals surface area contributed by atoms with Gasteiger partial charge in [-0.05, 0) is 50.5 Å². The zero-order chi connectivity index (χ0) is 9.56. The number of rotatable bonds is 3. The molecule has 0 aliphatic heterocycles. The highest BCUT2D eigenvalue weighted by molar-refractivity contribution is 7.42. The van der Waals surface area contributed by atoms with Crippen LogP contribution in [0.5, 0.6) is 0 Å². The molecule has 0 rings (SSSR count). The van der Waals surface area contributed by atoms with Gasteiger partial charge < -0.3 is 0 Å². The van der Waals surface area contributed by atoms with E-state index in [2.05, 4.69) is 45.9 Å². The predicted molar refractivity (Wildman–Crippen MR) is 61.0 cm³/mol. The van der Waals surface area contributed by atoms with E-state index in [1.54, 1.807) is 0 Å². The molecule has 0 atom stereocenters. The fraction of sp³-hybridized carbons (Fsp3) is 0.364. The standard InChI is InChI=1S/C11H17P/c1-6-10(4)11(5)8-12-7-9(2)3/h6-8H,1H2,2-5H3/b11-10+. The topological polar surface area (TPSA) is 0 Å². The molecule has 0 spiro atoms.